The first-order valence-electron chi connectivity index (χ1n) is 5.27. The molecular formula is C12H11F3N2O2S. The maximum atomic E-state index is 12.6. The second kappa shape index (κ2) is 6.38. The third-order valence-electron chi connectivity index (χ3n) is 2.24. The lowest BCUT2D eigenvalue weighted by Gasteiger charge is -2.12. The van der Waals surface area contributed by atoms with Crippen LogP contribution < -0.4 is 11.1 Å². The first kappa shape index (κ1) is 16.0. The Morgan fingerprint density at radius 1 is 1.45 bits per heavy atom. The molecule has 3 N–H and O–H groups in total. The van der Waals surface area contributed by atoms with Crippen LogP contribution in [-0.2, 0) is 15.7 Å². The highest BCUT2D eigenvalue weighted by molar-refractivity contribution is 7.80. The number of nitrogens with two attached hydrogens (primary N) is 1. The van der Waals surface area contributed by atoms with Crippen LogP contribution in [-0.4, -0.2) is 18.2 Å². The zero-order chi connectivity index (χ0) is 15.3. The SMILES string of the molecule is COC(=O)C=Cc1ccc(C(F)(F)F)cc1NC(N)=S. The van der Waals surface area contributed by atoms with E-state index in [1.165, 1.54) is 19.3 Å². The van der Waals surface area contributed by atoms with Gasteiger partial charge in [0.2, 0.25) is 0 Å². The molecule has 8 heteroatoms. The van der Waals surface area contributed by atoms with E-state index in [-0.39, 0.29) is 10.8 Å². The van der Waals surface area contributed by atoms with Crippen molar-refractivity contribution in [2.75, 3.05) is 12.4 Å². The summed E-state index contributed by atoms with van der Waals surface area (Å²) >= 11 is 4.60. The molecule has 0 bridgehead atoms. The molecule has 0 fully saturated rings. The van der Waals surface area contributed by atoms with Crippen molar-refractivity contribution in [1.29, 1.82) is 0 Å². The first-order chi connectivity index (χ1) is 9.24. The minimum absolute atomic E-state index is 0.0486. The number of carbonyl (C=O) groups is 1. The summed E-state index contributed by atoms with van der Waals surface area (Å²) in [6, 6.07) is 2.95. The zero-order valence-corrected chi connectivity index (χ0v) is 11.1. The van der Waals surface area contributed by atoms with Crippen molar-refractivity contribution in [2.24, 2.45) is 5.73 Å². The highest BCUT2D eigenvalue weighted by atomic mass is 32.1. The first-order valence-corrected chi connectivity index (χ1v) is 5.68. The highest BCUT2D eigenvalue weighted by Crippen LogP contribution is 2.32. The number of alkyl halides is 3. The summed E-state index contributed by atoms with van der Waals surface area (Å²) in [5.41, 5.74) is 4.77. The average molecular weight is 304 g/mol. The molecule has 0 spiro atoms. The minimum atomic E-state index is -4.49. The van der Waals surface area contributed by atoms with Crippen molar-refractivity contribution in [3.8, 4) is 0 Å². The van der Waals surface area contributed by atoms with Gasteiger partial charge in [-0.2, -0.15) is 13.2 Å². The van der Waals surface area contributed by atoms with Gasteiger partial charge < -0.3 is 15.8 Å². The van der Waals surface area contributed by atoms with Crippen molar-refractivity contribution in [2.45, 2.75) is 6.18 Å². The van der Waals surface area contributed by atoms with Crippen molar-refractivity contribution in [1.82, 2.24) is 0 Å². The molecule has 108 valence electrons. The van der Waals surface area contributed by atoms with Crippen LogP contribution in [0.1, 0.15) is 11.1 Å². The molecule has 0 saturated heterocycles. The molecule has 20 heavy (non-hydrogen) atoms. The Balaban J connectivity index is 3.20. The second-order valence-corrected chi connectivity index (χ2v) is 4.09. The molecule has 0 aromatic heterocycles. The number of hydrogen-bond acceptors (Lipinski definition) is 3. The van der Waals surface area contributed by atoms with Crippen LogP contribution in [0.25, 0.3) is 6.08 Å². The fourth-order valence-electron chi connectivity index (χ4n) is 1.34. The molecule has 0 heterocycles. The number of methoxy groups -OCH3 is 1. The molecule has 4 nitrogen and oxygen atoms in total. The normalized spacial score (nSPS) is 11.4. The van der Waals surface area contributed by atoms with Crippen molar-refractivity contribution in [3.05, 3.63) is 35.4 Å². The Kier molecular flexibility index (Phi) is 5.09. The smallest absolute Gasteiger partial charge is 0.416 e. The van der Waals surface area contributed by atoms with Crippen LogP contribution in [0.5, 0.6) is 0 Å². The van der Waals surface area contributed by atoms with Gasteiger partial charge in [-0.15, -0.1) is 0 Å². The lowest BCUT2D eigenvalue weighted by Crippen LogP contribution is -2.20. The van der Waals surface area contributed by atoms with Gasteiger partial charge in [-0.25, -0.2) is 4.79 Å². The predicted molar refractivity (Wildman–Crippen MR) is 72.9 cm³/mol. The number of ether oxygens (including phenoxy) is 1. The summed E-state index contributed by atoms with van der Waals surface area (Å²) in [6.45, 7) is 0. The summed E-state index contributed by atoms with van der Waals surface area (Å²) in [5.74, 6) is -0.633. The zero-order valence-electron chi connectivity index (χ0n) is 10.3. The van der Waals surface area contributed by atoms with E-state index in [2.05, 4.69) is 22.3 Å². The molecule has 0 aliphatic rings. The van der Waals surface area contributed by atoms with E-state index in [1.807, 2.05) is 0 Å². The van der Waals surface area contributed by atoms with Gasteiger partial charge >= 0.3 is 12.1 Å². The van der Waals surface area contributed by atoms with E-state index in [1.54, 1.807) is 0 Å². The lowest BCUT2D eigenvalue weighted by molar-refractivity contribution is -0.137. The van der Waals surface area contributed by atoms with E-state index in [4.69, 9.17) is 5.73 Å². The summed E-state index contributed by atoms with van der Waals surface area (Å²) in [5, 5.41) is 2.25. The number of rotatable bonds is 3. The second-order valence-electron chi connectivity index (χ2n) is 3.65. The maximum Gasteiger partial charge on any atom is 0.416 e. The molecule has 0 radical (unpaired) electrons. The van der Waals surface area contributed by atoms with Crippen LogP contribution in [0, 0.1) is 0 Å². The van der Waals surface area contributed by atoms with E-state index in [0.29, 0.717) is 5.56 Å². The van der Waals surface area contributed by atoms with Gasteiger partial charge in [-0.05, 0) is 36.0 Å². The molecule has 0 aliphatic heterocycles. The van der Waals surface area contributed by atoms with Crippen LogP contribution in [0.15, 0.2) is 24.3 Å². The van der Waals surface area contributed by atoms with Gasteiger partial charge in [0.25, 0.3) is 0 Å². The van der Waals surface area contributed by atoms with Crippen LogP contribution in [0.2, 0.25) is 0 Å². The summed E-state index contributed by atoms with van der Waals surface area (Å²) in [7, 11) is 1.19. The Morgan fingerprint density at radius 3 is 2.60 bits per heavy atom. The largest absolute Gasteiger partial charge is 0.466 e. The van der Waals surface area contributed by atoms with Gasteiger partial charge in [0, 0.05) is 11.8 Å². The van der Waals surface area contributed by atoms with E-state index < -0.39 is 17.7 Å². The van der Waals surface area contributed by atoms with Crippen LogP contribution in [0.3, 0.4) is 0 Å². The van der Waals surface area contributed by atoms with Gasteiger partial charge in [-0.3, -0.25) is 0 Å². The van der Waals surface area contributed by atoms with Crippen molar-refractivity contribution in [3.63, 3.8) is 0 Å². The maximum absolute atomic E-state index is 12.6. The Hall–Kier alpha value is -2.09. The van der Waals surface area contributed by atoms with E-state index >= 15 is 0 Å². The standard InChI is InChI=1S/C12H11F3N2O2S/c1-19-10(18)5-3-7-2-4-8(12(13,14)15)6-9(7)17-11(16)20/h2-6H,1H3,(H3,16,17,20). The molecular weight excluding hydrogens is 293 g/mol. The number of esters is 1. The molecule has 0 unspecified atom stereocenters. The van der Waals surface area contributed by atoms with E-state index in [0.717, 1.165) is 18.2 Å². The average Bonchev–Trinajstić information content (AvgIpc) is 2.34. The van der Waals surface area contributed by atoms with Gasteiger partial charge in [0.15, 0.2) is 5.11 Å². The predicted octanol–water partition coefficient (Wildman–Crippen LogP) is 2.55. The monoisotopic (exact) mass is 304 g/mol. The molecule has 0 atom stereocenters. The number of carbonyl (C=O) groups excluding carboxylic acids is 1. The Morgan fingerprint density at radius 2 is 2.10 bits per heavy atom. The van der Waals surface area contributed by atoms with Crippen molar-refractivity contribution < 1.29 is 22.7 Å². The van der Waals surface area contributed by atoms with Crippen molar-refractivity contribution >= 4 is 35.1 Å². The summed E-state index contributed by atoms with van der Waals surface area (Å²) < 4.78 is 42.3. The minimum Gasteiger partial charge on any atom is -0.466 e. The topological polar surface area (TPSA) is 64.3 Å². The Labute approximate surface area is 118 Å². The summed E-state index contributed by atoms with van der Waals surface area (Å²) in [4.78, 5) is 11.0. The number of thiocarbonyl (C=S) groups is 1. The quantitative estimate of drug-likeness (QED) is 0.510. The van der Waals surface area contributed by atoms with E-state index in [9.17, 15) is 18.0 Å². The molecule has 0 aliphatic carbocycles. The van der Waals surface area contributed by atoms with Gasteiger partial charge in [-0.1, -0.05) is 6.07 Å². The highest BCUT2D eigenvalue weighted by Gasteiger charge is 2.30. The third-order valence-corrected chi connectivity index (χ3v) is 2.34. The molecule has 1 aromatic carbocycles. The van der Waals surface area contributed by atoms with Gasteiger partial charge in [0.05, 0.1) is 12.7 Å². The lowest BCUT2D eigenvalue weighted by atomic mass is 10.1. The van der Waals surface area contributed by atoms with Crippen LogP contribution in [0.4, 0.5) is 18.9 Å². The molecule has 0 amide bonds. The number of halogens is 3. The van der Waals surface area contributed by atoms with Gasteiger partial charge in [0.1, 0.15) is 0 Å². The third kappa shape index (κ3) is 4.54. The molecule has 0 saturated carbocycles. The fraction of sp³-hybridized carbons (Fsp3) is 0.167. The number of hydrogen-bond donors (Lipinski definition) is 2. The number of benzene rings is 1. The van der Waals surface area contributed by atoms with Crippen LogP contribution >= 0.6 is 12.2 Å². The fourth-order valence-corrected chi connectivity index (χ4v) is 1.45. The molecule has 1 rings (SSSR count). The number of anilines is 1. The summed E-state index contributed by atoms with van der Waals surface area (Å²) in [6.07, 6.45) is -2.11. The Bertz CT molecular complexity index is 556. The molecule has 1 aromatic rings. The number of nitrogens with one attached hydrogen (secondary N) is 1.